The number of nitrogens with one attached hydrogen (secondary N) is 1. The number of hydrogen-bond donors (Lipinski definition) is 2. The van der Waals surface area contributed by atoms with Crippen molar-refractivity contribution in [2.75, 3.05) is 25.1 Å². The molecule has 0 aliphatic heterocycles. The number of amides is 1. The highest BCUT2D eigenvalue weighted by molar-refractivity contribution is 5.97. The Morgan fingerprint density at radius 3 is 2.55 bits per heavy atom. The molecule has 0 saturated carbocycles. The van der Waals surface area contributed by atoms with Crippen molar-refractivity contribution in [2.45, 2.75) is 27.7 Å². The second kappa shape index (κ2) is 11.0. The lowest BCUT2D eigenvalue weighted by Gasteiger charge is -2.13. The monoisotopic (exact) mass is 452 g/mol. The van der Waals surface area contributed by atoms with E-state index in [0.29, 0.717) is 41.8 Å². The molecular formula is C23H28N6O4. The Kier molecular flexibility index (Phi) is 7.85. The molecular weight excluding hydrogens is 424 g/mol. The summed E-state index contributed by atoms with van der Waals surface area (Å²) in [5.41, 5.74) is 8.89. The van der Waals surface area contributed by atoms with Crippen LogP contribution in [-0.2, 0) is 9.63 Å². The van der Waals surface area contributed by atoms with Gasteiger partial charge >= 0.3 is 0 Å². The second-order valence-corrected chi connectivity index (χ2v) is 7.07. The van der Waals surface area contributed by atoms with E-state index in [9.17, 15) is 4.79 Å². The van der Waals surface area contributed by atoms with Crippen LogP contribution in [0.4, 0.5) is 5.69 Å². The molecule has 0 atom stereocenters. The van der Waals surface area contributed by atoms with E-state index >= 15 is 0 Å². The molecule has 0 saturated heterocycles. The third-order valence-electron chi connectivity index (χ3n) is 4.46. The predicted octanol–water partition coefficient (Wildman–Crippen LogP) is 2.96. The molecule has 0 aliphatic carbocycles. The van der Waals surface area contributed by atoms with Crippen molar-refractivity contribution in [1.82, 2.24) is 14.8 Å². The summed E-state index contributed by atoms with van der Waals surface area (Å²) < 4.78 is 12.8. The first kappa shape index (κ1) is 23.6. The molecule has 10 heteroatoms. The van der Waals surface area contributed by atoms with Crippen molar-refractivity contribution < 1.29 is 19.1 Å². The van der Waals surface area contributed by atoms with Gasteiger partial charge in [0.15, 0.2) is 18.3 Å². The number of amidine groups is 1. The van der Waals surface area contributed by atoms with E-state index in [1.165, 1.54) is 0 Å². The number of ether oxygens (including phenoxy) is 2. The van der Waals surface area contributed by atoms with Gasteiger partial charge in [0.1, 0.15) is 11.5 Å². The molecule has 1 amide bonds. The molecule has 3 rings (SSSR count). The van der Waals surface area contributed by atoms with Gasteiger partial charge in [-0.2, -0.15) is 5.10 Å². The molecule has 2 heterocycles. The Labute approximate surface area is 192 Å². The largest absolute Gasteiger partial charge is 0.494 e. The average Bonchev–Trinajstić information content (AvgIpc) is 3.13. The fourth-order valence-corrected chi connectivity index (χ4v) is 3.07. The summed E-state index contributed by atoms with van der Waals surface area (Å²) in [4.78, 5) is 21.8. The Balaban J connectivity index is 1.60. The first-order valence-electron chi connectivity index (χ1n) is 10.6. The topological polar surface area (TPSA) is 126 Å². The first-order chi connectivity index (χ1) is 15.9. The maximum atomic E-state index is 12.3. The molecule has 174 valence electrons. The molecule has 33 heavy (non-hydrogen) atoms. The molecule has 10 nitrogen and oxygen atoms in total. The lowest BCUT2D eigenvalue weighted by atomic mass is 10.2. The van der Waals surface area contributed by atoms with Crippen LogP contribution < -0.4 is 20.5 Å². The molecule has 0 spiro atoms. The van der Waals surface area contributed by atoms with Gasteiger partial charge in [-0.3, -0.25) is 4.79 Å². The number of rotatable bonds is 10. The van der Waals surface area contributed by atoms with Crippen molar-refractivity contribution in [2.24, 2.45) is 10.9 Å². The van der Waals surface area contributed by atoms with Crippen LogP contribution >= 0.6 is 0 Å². The number of aromatic nitrogens is 3. The summed E-state index contributed by atoms with van der Waals surface area (Å²) in [6.07, 6.45) is 1.57. The summed E-state index contributed by atoms with van der Waals surface area (Å²) in [7, 11) is 0. The van der Waals surface area contributed by atoms with Gasteiger partial charge in [0, 0.05) is 23.5 Å². The zero-order valence-corrected chi connectivity index (χ0v) is 19.2. The van der Waals surface area contributed by atoms with Gasteiger partial charge in [0.2, 0.25) is 0 Å². The number of benzene rings is 1. The predicted molar refractivity (Wildman–Crippen MR) is 125 cm³/mol. The van der Waals surface area contributed by atoms with Crippen LogP contribution in [0.25, 0.3) is 5.82 Å². The van der Waals surface area contributed by atoms with Crippen LogP contribution in [0.5, 0.6) is 11.5 Å². The van der Waals surface area contributed by atoms with Crippen LogP contribution in [0.2, 0.25) is 0 Å². The molecule has 3 aromatic rings. The van der Waals surface area contributed by atoms with Gasteiger partial charge in [-0.1, -0.05) is 5.16 Å². The van der Waals surface area contributed by atoms with Crippen molar-refractivity contribution in [3.05, 3.63) is 59.5 Å². The van der Waals surface area contributed by atoms with E-state index < -0.39 is 5.91 Å². The van der Waals surface area contributed by atoms with E-state index in [2.05, 4.69) is 20.6 Å². The molecule has 3 N–H and O–H groups in total. The maximum Gasteiger partial charge on any atom is 0.265 e. The SMILES string of the molecule is CCOc1ccc(OCC)c(NC(=O)CO/N=C(/N)c2ccc(-n3nc(C)cc3C)nc2)c1. The lowest BCUT2D eigenvalue weighted by molar-refractivity contribution is -0.120. The number of pyridine rings is 1. The number of carbonyl (C=O) groups is 1. The number of carbonyl (C=O) groups excluding carboxylic acids is 1. The lowest BCUT2D eigenvalue weighted by Crippen LogP contribution is -2.20. The van der Waals surface area contributed by atoms with Gasteiger partial charge in [-0.15, -0.1) is 0 Å². The molecule has 0 unspecified atom stereocenters. The van der Waals surface area contributed by atoms with E-state index in [0.717, 1.165) is 11.4 Å². The van der Waals surface area contributed by atoms with Gasteiger partial charge < -0.3 is 25.4 Å². The van der Waals surface area contributed by atoms with E-state index in [-0.39, 0.29) is 12.4 Å². The van der Waals surface area contributed by atoms with Crippen LogP contribution in [-0.4, -0.2) is 46.3 Å². The van der Waals surface area contributed by atoms with Crippen LogP contribution in [0.3, 0.4) is 0 Å². The minimum absolute atomic E-state index is 0.101. The van der Waals surface area contributed by atoms with Crippen molar-refractivity contribution in [1.29, 1.82) is 0 Å². The van der Waals surface area contributed by atoms with E-state index in [1.54, 1.807) is 41.2 Å². The van der Waals surface area contributed by atoms with Crippen LogP contribution in [0, 0.1) is 13.8 Å². The number of anilines is 1. The standard InChI is InChI=1S/C23H28N6O4/c1-5-31-18-8-9-20(32-6-2)19(12-18)26-22(30)14-33-28-23(24)17-7-10-21(25-13-17)29-16(4)11-15(3)27-29/h7-13H,5-6,14H2,1-4H3,(H2,24,28)(H,26,30). The van der Waals surface area contributed by atoms with Crippen molar-refractivity contribution >= 4 is 17.4 Å². The smallest absolute Gasteiger partial charge is 0.265 e. The highest BCUT2D eigenvalue weighted by Crippen LogP contribution is 2.29. The van der Waals surface area contributed by atoms with E-state index in [1.807, 2.05) is 33.8 Å². The van der Waals surface area contributed by atoms with Crippen molar-refractivity contribution in [3.63, 3.8) is 0 Å². The first-order valence-corrected chi connectivity index (χ1v) is 10.6. The quantitative estimate of drug-likeness (QED) is 0.275. The third kappa shape index (κ3) is 6.22. The zero-order valence-electron chi connectivity index (χ0n) is 19.2. The van der Waals surface area contributed by atoms with Crippen molar-refractivity contribution in [3.8, 4) is 17.3 Å². The van der Waals surface area contributed by atoms with E-state index in [4.69, 9.17) is 20.0 Å². The summed E-state index contributed by atoms with van der Waals surface area (Å²) in [5.74, 6) is 1.50. The summed E-state index contributed by atoms with van der Waals surface area (Å²) in [6, 6.07) is 10.7. The Hall–Kier alpha value is -4.08. The number of nitrogens with zero attached hydrogens (tertiary/aromatic N) is 4. The molecule has 0 bridgehead atoms. The Morgan fingerprint density at radius 1 is 1.12 bits per heavy atom. The zero-order chi connectivity index (χ0) is 23.8. The summed E-state index contributed by atoms with van der Waals surface area (Å²) in [5, 5.41) is 11.0. The highest BCUT2D eigenvalue weighted by atomic mass is 16.6. The normalized spacial score (nSPS) is 11.2. The second-order valence-electron chi connectivity index (χ2n) is 7.07. The summed E-state index contributed by atoms with van der Waals surface area (Å²) in [6.45, 7) is 8.26. The molecule has 0 aliphatic rings. The number of oxime groups is 1. The van der Waals surface area contributed by atoms with Gasteiger partial charge in [-0.25, -0.2) is 9.67 Å². The third-order valence-corrected chi connectivity index (χ3v) is 4.46. The highest BCUT2D eigenvalue weighted by Gasteiger charge is 2.11. The number of hydrogen-bond acceptors (Lipinski definition) is 7. The minimum Gasteiger partial charge on any atom is -0.494 e. The average molecular weight is 453 g/mol. The van der Waals surface area contributed by atoms with Gasteiger partial charge in [0.05, 0.1) is 24.6 Å². The fourth-order valence-electron chi connectivity index (χ4n) is 3.07. The fraction of sp³-hybridized carbons (Fsp3) is 0.304. The molecule has 0 radical (unpaired) electrons. The van der Waals surface area contributed by atoms with Gasteiger partial charge in [0.25, 0.3) is 5.91 Å². The van der Waals surface area contributed by atoms with Gasteiger partial charge in [-0.05, 0) is 58.0 Å². The molecule has 2 aromatic heterocycles. The molecule has 0 fully saturated rings. The minimum atomic E-state index is -0.417. The molecule has 1 aromatic carbocycles. The Bertz CT molecular complexity index is 1120. The Morgan fingerprint density at radius 2 is 1.91 bits per heavy atom. The van der Waals surface area contributed by atoms with Crippen LogP contribution in [0.15, 0.2) is 47.8 Å². The van der Waals surface area contributed by atoms with Crippen LogP contribution in [0.1, 0.15) is 30.8 Å². The summed E-state index contributed by atoms with van der Waals surface area (Å²) >= 11 is 0. The number of nitrogens with two attached hydrogens (primary N) is 1. The maximum absolute atomic E-state index is 12.3. The number of aryl methyl sites for hydroxylation is 2.